The van der Waals surface area contributed by atoms with E-state index in [1.807, 2.05) is 41.4 Å². The molecule has 2 aliphatic heterocycles. The third-order valence-corrected chi connectivity index (χ3v) is 6.80. The van der Waals surface area contributed by atoms with Gasteiger partial charge in [-0.1, -0.05) is 83.3 Å². The average molecular weight is 480 g/mol. The quantitative estimate of drug-likeness (QED) is 0.290. The first-order valence-electron chi connectivity index (χ1n) is 10.3. The van der Waals surface area contributed by atoms with Crippen LogP contribution < -0.4 is 4.74 Å². The Morgan fingerprint density at radius 1 is 0.812 bits per heavy atom. The van der Waals surface area contributed by atoms with E-state index in [0.717, 1.165) is 28.8 Å². The lowest BCUT2D eigenvalue weighted by atomic mass is 9.95. The standard InChI is InChI=1S/C26H17Cl3N2O/c27-19-9-7-16(8-10-19)26-31-24(21-12-20(28)13-22(29)25(21)32-26)14-23(30-31)18-6-5-15-3-1-2-4-17(15)11-18/h1-13,24,26H,14H2/t24-,26-/m0/s1. The van der Waals surface area contributed by atoms with Crippen LogP contribution in [0.4, 0.5) is 0 Å². The maximum Gasteiger partial charge on any atom is 0.213 e. The molecule has 0 saturated carbocycles. The van der Waals surface area contributed by atoms with Gasteiger partial charge < -0.3 is 4.74 Å². The largest absolute Gasteiger partial charge is 0.463 e. The highest BCUT2D eigenvalue weighted by Gasteiger charge is 2.42. The fraction of sp³-hybridized carbons (Fsp3) is 0.115. The molecule has 32 heavy (non-hydrogen) atoms. The van der Waals surface area contributed by atoms with Crippen LogP contribution in [-0.2, 0) is 0 Å². The Morgan fingerprint density at radius 2 is 1.59 bits per heavy atom. The third kappa shape index (κ3) is 3.32. The molecule has 0 fully saturated rings. The van der Waals surface area contributed by atoms with Gasteiger partial charge >= 0.3 is 0 Å². The summed E-state index contributed by atoms with van der Waals surface area (Å²) < 4.78 is 6.40. The second kappa shape index (κ2) is 7.70. The van der Waals surface area contributed by atoms with Gasteiger partial charge in [0, 0.05) is 27.6 Å². The molecule has 0 saturated heterocycles. The van der Waals surface area contributed by atoms with Crippen molar-refractivity contribution in [3.05, 3.63) is 111 Å². The van der Waals surface area contributed by atoms with Crippen molar-refractivity contribution in [1.29, 1.82) is 0 Å². The first-order chi connectivity index (χ1) is 15.6. The Balaban J connectivity index is 1.47. The van der Waals surface area contributed by atoms with Gasteiger partial charge in [-0.2, -0.15) is 5.10 Å². The molecule has 2 aliphatic rings. The Morgan fingerprint density at radius 3 is 2.41 bits per heavy atom. The van der Waals surface area contributed by atoms with Crippen LogP contribution in [-0.4, -0.2) is 10.7 Å². The number of hydrazone groups is 1. The number of nitrogens with zero attached hydrogens (tertiary/aromatic N) is 2. The number of benzene rings is 4. The summed E-state index contributed by atoms with van der Waals surface area (Å²) in [6, 6.07) is 26.1. The van der Waals surface area contributed by atoms with Crippen molar-refractivity contribution in [2.45, 2.75) is 18.7 Å². The van der Waals surface area contributed by atoms with Crippen LogP contribution in [0, 0.1) is 0 Å². The summed E-state index contributed by atoms with van der Waals surface area (Å²) >= 11 is 19.0. The van der Waals surface area contributed by atoms with E-state index in [-0.39, 0.29) is 6.04 Å². The maximum atomic E-state index is 6.55. The van der Waals surface area contributed by atoms with Crippen LogP contribution in [0.25, 0.3) is 10.8 Å². The highest BCUT2D eigenvalue weighted by molar-refractivity contribution is 6.35. The van der Waals surface area contributed by atoms with Gasteiger partial charge in [0.25, 0.3) is 0 Å². The SMILES string of the molecule is Clc1ccc([C@@H]2Oc3c(Cl)cc(Cl)cc3[C@@H]3CC(c4ccc5ccccc5c4)=NN32)cc1. The van der Waals surface area contributed by atoms with E-state index in [1.54, 1.807) is 6.07 Å². The summed E-state index contributed by atoms with van der Waals surface area (Å²) in [5.41, 5.74) is 4.02. The predicted octanol–water partition coefficient (Wildman–Crippen LogP) is 8.04. The molecule has 6 heteroatoms. The zero-order valence-electron chi connectivity index (χ0n) is 16.8. The molecule has 0 aromatic heterocycles. The topological polar surface area (TPSA) is 24.8 Å². The van der Waals surface area contributed by atoms with Crippen LogP contribution in [0.5, 0.6) is 5.75 Å². The normalized spacial score (nSPS) is 19.3. The van der Waals surface area contributed by atoms with Gasteiger partial charge in [0.05, 0.1) is 16.8 Å². The molecule has 0 unspecified atom stereocenters. The van der Waals surface area contributed by atoms with E-state index >= 15 is 0 Å². The number of halogens is 3. The van der Waals surface area contributed by atoms with Crippen LogP contribution in [0.2, 0.25) is 15.1 Å². The zero-order valence-corrected chi connectivity index (χ0v) is 19.1. The Kier molecular flexibility index (Phi) is 4.80. The lowest BCUT2D eigenvalue weighted by Gasteiger charge is -2.38. The molecular weight excluding hydrogens is 463 g/mol. The number of rotatable bonds is 2. The Hall–Kier alpha value is -2.72. The number of fused-ring (bicyclic) bond motifs is 4. The summed E-state index contributed by atoms with van der Waals surface area (Å²) in [5.74, 6) is 0.659. The van der Waals surface area contributed by atoms with Crippen molar-refractivity contribution < 1.29 is 4.74 Å². The molecule has 0 bridgehead atoms. The summed E-state index contributed by atoms with van der Waals surface area (Å²) in [5, 5.41) is 11.2. The van der Waals surface area contributed by atoms with Crippen LogP contribution >= 0.6 is 34.8 Å². The van der Waals surface area contributed by atoms with Gasteiger partial charge in [0.1, 0.15) is 5.75 Å². The van der Waals surface area contributed by atoms with Crippen molar-refractivity contribution in [2.24, 2.45) is 5.10 Å². The van der Waals surface area contributed by atoms with E-state index in [9.17, 15) is 0 Å². The fourth-order valence-corrected chi connectivity index (χ4v) is 5.18. The summed E-state index contributed by atoms with van der Waals surface area (Å²) in [4.78, 5) is 0. The van der Waals surface area contributed by atoms with Gasteiger partial charge in [-0.25, -0.2) is 5.01 Å². The third-order valence-electron chi connectivity index (χ3n) is 6.05. The molecule has 4 aromatic carbocycles. The maximum absolute atomic E-state index is 6.55. The van der Waals surface area contributed by atoms with E-state index in [0.29, 0.717) is 20.8 Å². The minimum absolute atomic E-state index is 0.0305. The molecule has 0 N–H and O–H groups in total. The van der Waals surface area contributed by atoms with Crippen LogP contribution in [0.1, 0.15) is 35.4 Å². The predicted molar refractivity (Wildman–Crippen MR) is 131 cm³/mol. The molecule has 158 valence electrons. The van der Waals surface area contributed by atoms with Gasteiger partial charge in [-0.3, -0.25) is 0 Å². The lowest BCUT2D eigenvalue weighted by molar-refractivity contribution is -0.0189. The molecule has 2 atom stereocenters. The monoisotopic (exact) mass is 478 g/mol. The van der Waals surface area contributed by atoms with Crippen molar-refractivity contribution in [1.82, 2.24) is 5.01 Å². The smallest absolute Gasteiger partial charge is 0.213 e. The van der Waals surface area contributed by atoms with Crippen molar-refractivity contribution in [3.8, 4) is 5.75 Å². The molecule has 0 spiro atoms. The van der Waals surface area contributed by atoms with Crippen molar-refractivity contribution >= 4 is 51.3 Å². The minimum Gasteiger partial charge on any atom is -0.463 e. The first kappa shape index (κ1) is 19.9. The van der Waals surface area contributed by atoms with Crippen molar-refractivity contribution in [3.63, 3.8) is 0 Å². The van der Waals surface area contributed by atoms with E-state index in [4.69, 9.17) is 44.6 Å². The van der Waals surface area contributed by atoms with Gasteiger partial charge in [0.2, 0.25) is 6.23 Å². The van der Waals surface area contributed by atoms with E-state index in [2.05, 4.69) is 36.4 Å². The molecule has 0 radical (unpaired) electrons. The molecule has 6 rings (SSSR count). The fourth-order valence-electron chi connectivity index (χ4n) is 4.51. The molecule has 0 aliphatic carbocycles. The molecular formula is C26H17Cl3N2O. The first-order valence-corrected chi connectivity index (χ1v) is 11.5. The number of hydrogen-bond donors (Lipinski definition) is 0. The summed E-state index contributed by atoms with van der Waals surface area (Å²) in [6.07, 6.45) is 0.316. The molecule has 0 amide bonds. The number of ether oxygens (including phenoxy) is 1. The lowest BCUT2D eigenvalue weighted by Crippen LogP contribution is -2.33. The van der Waals surface area contributed by atoms with Gasteiger partial charge in [-0.05, 0) is 46.7 Å². The van der Waals surface area contributed by atoms with Crippen LogP contribution in [0.15, 0.2) is 84.0 Å². The second-order valence-corrected chi connectivity index (χ2v) is 9.32. The van der Waals surface area contributed by atoms with Crippen molar-refractivity contribution in [2.75, 3.05) is 0 Å². The zero-order chi connectivity index (χ0) is 21.8. The molecule has 4 aromatic rings. The molecule has 3 nitrogen and oxygen atoms in total. The van der Waals surface area contributed by atoms with Gasteiger partial charge in [-0.15, -0.1) is 0 Å². The Labute approximate surface area is 200 Å². The Bertz CT molecular complexity index is 1380. The number of hydrogen-bond acceptors (Lipinski definition) is 3. The average Bonchev–Trinajstić information content (AvgIpc) is 3.25. The van der Waals surface area contributed by atoms with Crippen LogP contribution in [0.3, 0.4) is 0 Å². The van der Waals surface area contributed by atoms with E-state index < -0.39 is 6.23 Å². The molecule has 2 heterocycles. The highest BCUT2D eigenvalue weighted by atomic mass is 35.5. The van der Waals surface area contributed by atoms with E-state index in [1.165, 1.54) is 10.8 Å². The summed E-state index contributed by atoms with van der Waals surface area (Å²) in [7, 11) is 0. The van der Waals surface area contributed by atoms with Gasteiger partial charge in [0.15, 0.2) is 0 Å². The minimum atomic E-state index is -0.415. The highest BCUT2D eigenvalue weighted by Crippen LogP contribution is 2.50. The second-order valence-electron chi connectivity index (χ2n) is 8.04. The summed E-state index contributed by atoms with van der Waals surface area (Å²) in [6.45, 7) is 0.